The number of thiophene rings is 1. The minimum absolute atomic E-state index is 0.0633. The summed E-state index contributed by atoms with van der Waals surface area (Å²) in [6.45, 7) is 15.5. The number of esters is 1. The molecule has 14 heteroatoms. The quantitative estimate of drug-likeness (QED) is 0.296. The maximum atomic E-state index is 14.4. The van der Waals surface area contributed by atoms with Gasteiger partial charge in [0.1, 0.15) is 24.1 Å². The van der Waals surface area contributed by atoms with Gasteiger partial charge in [0, 0.05) is 48.8 Å². The number of likely N-dealkylation sites (N-methyl/N-ethyl adjacent to an activating group) is 1. The minimum Gasteiger partial charge on any atom is -0.457 e. The first kappa shape index (κ1) is 44.2. The van der Waals surface area contributed by atoms with Crippen molar-refractivity contribution in [1.82, 2.24) is 4.90 Å². The molecule has 13 nitrogen and oxygen atoms in total. The first-order chi connectivity index (χ1) is 24.6. The van der Waals surface area contributed by atoms with E-state index >= 15 is 0 Å². The molecule has 0 spiro atoms. The number of Topliss-reactive ketones (excluding diaryl/α,β-unsaturated/α-hetero) is 1. The van der Waals surface area contributed by atoms with Crippen LogP contribution in [0.4, 0.5) is 0 Å². The lowest BCUT2D eigenvalue weighted by molar-refractivity contribution is -0.317. The van der Waals surface area contributed by atoms with E-state index in [2.05, 4.69) is 0 Å². The predicted octanol–water partition coefficient (Wildman–Crippen LogP) is 3.69. The van der Waals surface area contributed by atoms with E-state index in [9.17, 15) is 30.0 Å². The van der Waals surface area contributed by atoms with Gasteiger partial charge in [0.15, 0.2) is 12.6 Å². The summed E-state index contributed by atoms with van der Waals surface area (Å²) in [7, 11) is 5.23. The Kier molecular flexibility index (Phi) is 14.8. The Bertz CT molecular complexity index is 1350. The number of aliphatic hydroxyl groups is 4. The standard InChI is InChI=1S/C39H65NO12S/c1-19-16-38(8,46)35(52-37-31(43)27(40(10)11)15-20(2)48-37)23(5)32(50-28-17-39(9,47-12)34(44)25(7)49-28)24(6)36(45)51-33(26-13-14-53-18-26)22(4)30(42)21(3)29(19)41/h13-14,18-25,27-28,30-35,37,42-44,46H,15-17H2,1-12H3/t19-,20-,21+,22-,23+,24-,25+,27+,28+,30-,31-,32+,33+,34+,35-,37+,38+,39-/m1/s1. The van der Waals surface area contributed by atoms with E-state index < -0.39 is 102 Å². The van der Waals surface area contributed by atoms with Crippen LogP contribution in [0.3, 0.4) is 0 Å². The number of ether oxygens (including phenoxy) is 6. The van der Waals surface area contributed by atoms with Crippen LogP contribution in [0.15, 0.2) is 16.8 Å². The third-order valence-corrected chi connectivity index (χ3v) is 12.8. The fourth-order valence-electron chi connectivity index (χ4n) is 8.65. The molecule has 1 aromatic rings. The molecule has 18 atom stereocenters. The normalized spacial score (nSPS) is 46.9. The SMILES string of the molecule is CO[C@]1(C)C[C@H](O[C@H]2[C@H](C)[C@@H](O[C@@H]3O[C@H](C)C[C@H](N(C)C)[C@H]3O)[C@@](C)(O)C[C@@H](C)C(=O)[C@H](C)[C@@H](O)[C@@H](C)[C@@H](c3ccsc3)OC(=O)[C@@H]2C)O[C@@H](C)[C@@H]1O. The topological polar surface area (TPSA) is 174 Å². The zero-order chi connectivity index (χ0) is 39.7. The molecule has 53 heavy (non-hydrogen) atoms. The highest BCUT2D eigenvalue weighted by molar-refractivity contribution is 7.08. The Balaban J connectivity index is 1.84. The number of hydrogen-bond acceptors (Lipinski definition) is 14. The molecule has 0 aromatic carbocycles. The Labute approximate surface area is 319 Å². The summed E-state index contributed by atoms with van der Waals surface area (Å²) < 4.78 is 37.7. The number of carbonyl (C=O) groups is 2. The van der Waals surface area contributed by atoms with E-state index in [-0.39, 0.29) is 30.8 Å². The van der Waals surface area contributed by atoms with E-state index in [1.807, 2.05) is 42.7 Å². The predicted molar refractivity (Wildman–Crippen MR) is 198 cm³/mol. The zero-order valence-corrected chi connectivity index (χ0v) is 34.3. The first-order valence-corrected chi connectivity index (χ1v) is 19.9. The number of rotatable bonds is 7. The van der Waals surface area contributed by atoms with Gasteiger partial charge in [-0.05, 0) is 78.4 Å². The molecule has 4 N–H and O–H groups in total. The van der Waals surface area contributed by atoms with Crippen molar-refractivity contribution < 1.29 is 58.4 Å². The van der Waals surface area contributed by atoms with Crippen molar-refractivity contribution in [2.45, 2.75) is 160 Å². The molecule has 1 aromatic heterocycles. The van der Waals surface area contributed by atoms with Crippen LogP contribution < -0.4 is 0 Å². The highest BCUT2D eigenvalue weighted by Gasteiger charge is 2.52. The molecule has 0 aliphatic carbocycles. The van der Waals surface area contributed by atoms with Gasteiger partial charge in [0.05, 0.1) is 47.6 Å². The van der Waals surface area contributed by atoms with Crippen LogP contribution in [-0.4, -0.2) is 131 Å². The smallest absolute Gasteiger partial charge is 0.311 e. The monoisotopic (exact) mass is 771 g/mol. The number of ketones is 1. The number of aliphatic hydroxyl groups excluding tert-OH is 3. The number of hydrogen-bond donors (Lipinski definition) is 4. The second kappa shape index (κ2) is 17.7. The maximum absolute atomic E-state index is 14.4. The highest BCUT2D eigenvalue weighted by atomic mass is 32.1. The van der Waals surface area contributed by atoms with Crippen LogP contribution in [0.1, 0.15) is 93.2 Å². The lowest BCUT2D eigenvalue weighted by Gasteiger charge is -2.49. The summed E-state index contributed by atoms with van der Waals surface area (Å²) in [5.74, 6) is -4.91. The van der Waals surface area contributed by atoms with Gasteiger partial charge in [-0.2, -0.15) is 11.3 Å². The van der Waals surface area contributed by atoms with Crippen molar-refractivity contribution in [2.75, 3.05) is 21.2 Å². The summed E-state index contributed by atoms with van der Waals surface area (Å²) >= 11 is 1.43. The van der Waals surface area contributed by atoms with Crippen LogP contribution in [-0.2, 0) is 38.0 Å². The molecular weight excluding hydrogens is 706 g/mol. The number of nitrogens with zero attached hydrogens (tertiary/aromatic N) is 1. The van der Waals surface area contributed by atoms with Crippen molar-refractivity contribution in [3.63, 3.8) is 0 Å². The van der Waals surface area contributed by atoms with Crippen molar-refractivity contribution in [1.29, 1.82) is 0 Å². The second-order valence-corrected chi connectivity index (χ2v) is 17.5. The van der Waals surface area contributed by atoms with E-state index in [1.165, 1.54) is 18.4 Å². The number of methoxy groups -OCH3 is 1. The summed E-state index contributed by atoms with van der Waals surface area (Å²) in [6, 6.07) is 1.52. The van der Waals surface area contributed by atoms with Gasteiger partial charge in [0.25, 0.3) is 0 Å². The van der Waals surface area contributed by atoms with Gasteiger partial charge in [-0.1, -0.05) is 27.7 Å². The fraction of sp³-hybridized carbons (Fsp3) is 0.846. The molecule has 4 heterocycles. The van der Waals surface area contributed by atoms with E-state index in [0.29, 0.717) is 12.0 Å². The molecule has 0 bridgehead atoms. The second-order valence-electron chi connectivity index (χ2n) is 16.7. The molecule has 0 saturated carbocycles. The lowest BCUT2D eigenvalue weighted by atomic mass is 9.74. The van der Waals surface area contributed by atoms with Crippen molar-refractivity contribution in [2.24, 2.45) is 29.6 Å². The molecule has 3 aliphatic rings. The largest absolute Gasteiger partial charge is 0.457 e. The molecular formula is C39H65NO12S. The number of cyclic esters (lactones) is 1. The van der Waals surface area contributed by atoms with E-state index in [0.717, 1.165) is 0 Å². The Hall–Kier alpha value is -1.56. The van der Waals surface area contributed by atoms with Crippen LogP contribution in [0, 0.1) is 29.6 Å². The van der Waals surface area contributed by atoms with Crippen LogP contribution >= 0.6 is 11.3 Å². The number of carbonyl (C=O) groups excluding carboxylic acids is 2. The summed E-state index contributed by atoms with van der Waals surface area (Å²) in [6.07, 6.45) is -8.77. The third-order valence-electron chi connectivity index (χ3n) is 12.1. The van der Waals surface area contributed by atoms with Gasteiger partial charge in [-0.25, -0.2) is 0 Å². The molecule has 3 aliphatic heterocycles. The molecule has 3 saturated heterocycles. The minimum atomic E-state index is -1.74. The van der Waals surface area contributed by atoms with E-state index in [4.69, 9.17) is 28.4 Å². The third kappa shape index (κ3) is 9.70. The van der Waals surface area contributed by atoms with Gasteiger partial charge in [-0.15, -0.1) is 0 Å². The van der Waals surface area contributed by atoms with Gasteiger partial charge in [-0.3, -0.25) is 9.59 Å². The van der Waals surface area contributed by atoms with Crippen molar-refractivity contribution >= 4 is 23.1 Å². The molecule has 0 unspecified atom stereocenters. The molecule has 3 fully saturated rings. The van der Waals surface area contributed by atoms with Gasteiger partial charge < -0.3 is 53.7 Å². The highest BCUT2D eigenvalue weighted by Crippen LogP contribution is 2.41. The van der Waals surface area contributed by atoms with Crippen molar-refractivity contribution in [3.8, 4) is 0 Å². The lowest BCUT2D eigenvalue weighted by Crippen LogP contribution is -2.60. The summed E-state index contributed by atoms with van der Waals surface area (Å²) in [5, 5.41) is 50.2. The molecule has 4 rings (SSSR count). The summed E-state index contributed by atoms with van der Waals surface area (Å²) in [5.41, 5.74) is -2.08. The Morgan fingerprint density at radius 2 is 1.57 bits per heavy atom. The Morgan fingerprint density at radius 1 is 0.906 bits per heavy atom. The van der Waals surface area contributed by atoms with Gasteiger partial charge in [0.2, 0.25) is 0 Å². The molecule has 304 valence electrons. The van der Waals surface area contributed by atoms with Gasteiger partial charge >= 0.3 is 5.97 Å². The average Bonchev–Trinajstić information content (AvgIpc) is 3.64. The maximum Gasteiger partial charge on any atom is 0.311 e. The van der Waals surface area contributed by atoms with E-state index in [1.54, 1.807) is 55.4 Å². The summed E-state index contributed by atoms with van der Waals surface area (Å²) in [4.78, 5) is 30.3. The molecule has 0 radical (unpaired) electrons. The zero-order valence-electron chi connectivity index (χ0n) is 33.5. The first-order valence-electron chi connectivity index (χ1n) is 19.0. The van der Waals surface area contributed by atoms with Crippen LogP contribution in [0.5, 0.6) is 0 Å². The average molecular weight is 772 g/mol. The molecule has 0 amide bonds. The van der Waals surface area contributed by atoms with Crippen LogP contribution in [0.2, 0.25) is 0 Å². The Morgan fingerprint density at radius 3 is 2.15 bits per heavy atom. The van der Waals surface area contributed by atoms with Crippen molar-refractivity contribution in [3.05, 3.63) is 22.4 Å². The van der Waals surface area contributed by atoms with Crippen LogP contribution in [0.25, 0.3) is 0 Å². The fourth-order valence-corrected chi connectivity index (χ4v) is 9.33.